The number of aryl methyl sites for hydroxylation is 1. The zero-order valence-electron chi connectivity index (χ0n) is 11.3. The van der Waals surface area contributed by atoms with Crippen LogP contribution in [0.4, 0.5) is 5.69 Å². The van der Waals surface area contributed by atoms with E-state index in [9.17, 15) is 9.59 Å². The minimum atomic E-state index is -0.220. The lowest BCUT2D eigenvalue weighted by Crippen LogP contribution is -2.27. The second-order valence-electron chi connectivity index (χ2n) is 4.93. The summed E-state index contributed by atoms with van der Waals surface area (Å²) in [6, 6.07) is 5.67. The molecule has 0 spiro atoms. The fourth-order valence-corrected chi connectivity index (χ4v) is 2.55. The van der Waals surface area contributed by atoms with E-state index in [1.165, 1.54) is 0 Å². The summed E-state index contributed by atoms with van der Waals surface area (Å²) in [6.07, 6.45) is 2.24. The number of amides is 2. The van der Waals surface area contributed by atoms with Crippen LogP contribution in [0.1, 0.15) is 12.0 Å². The van der Waals surface area contributed by atoms with Crippen molar-refractivity contribution in [1.29, 1.82) is 0 Å². The van der Waals surface area contributed by atoms with Crippen molar-refractivity contribution in [3.05, 3.63) is 40.9 Å². The van der Waals surface area contributed by atoms with Gasteiger partial charge in [-0.25, -0.2) is 0 Å². The summed E-state index contributed by atoms with van der Waals surface area (Å²) >= 11 is 3.38. The lowest BCUT2D eigenvalue weighted by atomic mass is 10.2. The van der Waals surface area contributed by atoms with Gasteiger partial charge in [0.05, 0.1) is 11.8 Å². The molecule has 0 radical (unpaired) electrons. The third kappa shape index (κ3) is 3.48. The lowest BCUT2D eigenvalue weighted by molar-refractivity contribution is -0.125. The molecule has 0 saturated heterocycles. The van der Waals surface area contributed by atoms with Gasteiger partial charge in [-0.3, -0.25) is 9.59 Å². The van der Waals surface area contributed by atoms with Crippen LogP contribution in [0.2, 0.25) is 0 Å². The molecule has 1 fully saturated rings. The Kier molecular flexibility index (Phi) is 4.60. The van der Waals surface area contributed by atoms with E-state index in [2.05, 4.69) is 33.1 Å². The van der Waals surface area contributed by atoms with Gasteiger partial charge in [0.2, 0.25) is 11.8 Å². The fourth-order valence-electron chi connectivity index (χ4n) is 2.07. The van der Waals surface area contributed by atoms with E-state index in [1.807, 2.05) is 25.1 Å². The number of carbonyl (C=O) groups is 2. The minimum absolute atomic E-state index is 0.0717. The number of anilines is 1. The first-order valence-corrected chi connectivity index (χ1v) is 7.28. The van der Waals surface area contributed by atoms with Crippen LogP contribution in [0.25, 0.3) is 0 Å². The van der Waals surface area contributed by atoms with E-state index < -0.39 is 0 Å². The summed E-state index contributed by atoms with van der Waals surface area (Å²) in [5.74, 6) is -0.583. The summed E-state index contributed by atoms with van der Waals surface area (Å²) in [6.45, 7) is 5.91. The van der Waals surface area contributed by atoms with Crippen LogP contribution in [0.3, 0.4) is 0 Å². The van der Waals surface area contributed by atoms with Crippen molar-refractivity contribution in [2.24, 2.45) is 11.8 Å². The zero-order valence-corrected chi connectivity index (χ0v) is 12.9. The molecule has 1 aliphatic carbocycles. The van der Waals surface area contributed by atoms with Gasteiger partial charge in [-0.05, 0) is 37.1 Å². The molecule has 0 heterocycles. The Hall–Kier alpha value is -1.62. The normalized spacial score (nSPS) is 20.1. The van der Waals surface area contributed by atoms with Crippen LogP contribution >= 0.6 is 15.9 Å². The van der Waals surface area contributed by atoms with Gasteiger partial charge in [-0.15, -0.1) is 6.58 Å². The van der Waals surface area contributed by atoms with E-state index in [0.29, 0.717) is 13.0 Å². The molecule has 0 bridgehead atoms. The molecule has 2 rings (SSSR count). The molecule has 1 aliphatic rings. The Labute approximate surface area is 126 Å². The number of benzene rings is 1. The highest BCUT2D eigenvalue weighted by Gasteiger charge is 2.47. The maximum absolute atomic E-state index is 12.1. The van der Waals surface area contributed by atoms with E-state index >= 15 is 0 Å². The van der Waals surface area contributed by atoms with Crippen LogP contribution in [0.15, 0.2) is 35.3 Å². The Morgan fingerprint density at radius 3 is 2.75 bits per heavy atom. The Bertz CT molecular complexity index is 557. The molecule has 5 heteroatoms. The first kappa shape index (κ1) is 14.8. The Morgan fingerprint density at radius 2 is 2.10 bits per heavy atom. The van der Waals surface area contributed by atoms with E-state index in [4.69, 9.17) is 0 Å². The van der Waals surface area contributed by atoms with Gasteiger partial charge in [-0.1, -0.05) is 22.0 Å². The van der Waals surface area contributed by atoms with Crippen LogP contribution in [0.5, 0.6) is 0 Å². The highest BCUT2D eigenvalue weighted by molar-refractivity contribution is 9.10. The van der Waals surface area contributed by atoms with Crippen LogP contribution in [-0.2, 0) is 9.59 Å². The maximum Gasteiger partial charge on any atom is 0.228 e. The monoisotopic (exact) mass is 336 g/mol. The maximum atomic E-state index is 12.1. The fraction of sp³-hybridized carbons (Fsp3) is 0.333. The second kappa shape index (κ2) is 6.22. The summed E-state index contributed by atoms with van der Waals surface area (Å²) in [7, 11) is 0. The quantitative estimate of drug-likeness (QED) is 0.812. The van der Waals surface area contributed by atoms with Gasteiger partial charge in [0.25, 0.3) is 0 Å². The third-order valence-corrected chi connectivity index (χ3v) is 3.82. The first-order chi connectivity index (χ1) is 9.52. The number of nitrogens with one attached hydrogen (secondary N) is 2. The van der Waals surface area contributed by atoms with Crippen molar-refractivity contribution >= 4 is 33.4 Å². The summed E-state index contributed by atoms with van der Waals surface area (Å²) in [4.78, 5) is 23.8. The van der Waals surface area contributed by atoms with Crippen molar-refractivity contribution in [1.82, 2.24) is 5.32 Å². The molecule has 0 aliphatic heterocycles. The molecule has 2 amide bonds. The standard InChI is InChI=1S/C15H17BrN2O2/c1-3-6-17-14(19)11-8-12(11)15(20)18-13-5-4-10(16)7-9(13)2/h3-5,7,11-12H,1,6,8H2,2H3,(H,17,19)(H,18,20). The highest BCUT2D eigenvalue weighted by Crippen LogP contribution is 2.39. The number of rotatable bonds is 5. The van der Waals surface area contributed by atoms with Crippen molar-refractivity contribution in [3.8, 4) is 0 Å². The second-order valence-corrected chi connectivity index (χ2v) is 5.85. The van der Waals surface area contributed by atoms with Gasteiger partial charge in [0.15, 0.2) is 0 Å². The van der Waals surface area contributed by atoms with E-state index in [0.717, 1.165) is 15.7 Å². The molecule has 2 N–H and O–H groups in total. The molecule has 2 unspecified atom stereocenters. The average molecular weight is 337 g/mol. The van der Waals surface area contributed by atoms with Gasteiger partial charge in [-0.2, -0.15) is 0 Å². The number of carbonyl (C=O) groups excluding carboxylic acids is 2. The van der Waals surface area contributed by atoms with Crippen molar-refractivity contribution in [2.75, 3.05) is 11.9 Å². The predicted molar refractivity (Wildman–Crippen MR) is 82.3 cm³/mol. The van der Waals surface area contributed by atoms with Crippen molar-refractivity contribution in [3.63, 3.8) is 0 Å². The SMILES string of the molecule is C=CCNC(=O)C1CC1C(=O)Nc1ccc(Br)cc1C. The first-order valence-electron chi connectivity index (χ1n) is 6.48. The molecule has 106 valence electrons. The molecule has 4 nitrogen and oxygen atoms in total. The molecule has 20 heavy (non-hydrogen) atoms. The van der Waals surface area contributed by atoms with Crippen LogP contribution < -0.4 is 10.6 Å². The smallest absolute Gasteiger partial charge is 0.228 e. The molecule has 2 atom stereocenters. The molecule has 1 saturated carbocycles. The molecular weight excluding hydrogens is 320 g/mol. The van der Waals surface area contributed by atoms with Crippen LogP contribution in [0, 0.1) is 18.8 Å². The van der Waals surface area contributed by atoms with Crippen LogP contribution in [-0.4, -0.2) is 18.4 Å². The summed E-state index contributed by atoms with van der Waals surface area (Å²) < 4.78 is 0.973. The van der Waals surface area contributed by atoms with E-state index in [1.54, 1.807) is 6.08 Å². The zero-order chi connectivity index (χ0) is 14.7. The molecular formula is C15H17BrN2O2. The van der Waals surface area contributed by atoms with Gasteiger partial charge in [0, 0.05) is 16.7 Å². The number of halogens is 1. The average Bonchev–Trinajstić information content (AvgIpc) is 3.19. The Balaban J connectivity index is 1.91. The van der Waals surface area contributed by atoms with Gasteiger partial charge in [0.1, 0.15) is 0 Å². The topological polar surface area (TPSA) is 58.2 Å². The lowest BCUT2D eigenvalue weighted by Gasteiger charge is -2.08. The van der Waals surface area contributed by atoms with Gasteiger partial charge >= 0.3 is 0 Å². The predicted octanol–water partition coefficient (Wildman–Crippen LogP) is 2.63. The number of hydrogen-bond donors (Lipinski definition) is 2. The molecule has 0 aromatic heterocycles. The minimum Gasteiger partial charge on any atom is -0.352 e. The third-order valence-electron chi connectivity index (χ3n) is 3.33. The Morgan fingerprint density at radius 1 is 1.40 bits per heavy atom. The number of hydrogen-bond acceptors (Lipinski definition) is 2. The van der Waals surface area contributed by atoms with E-state index in [-0.39, 0.29) is 23.7 Å². The van der Waals surface area contributed by atoms with Crippen molar-refractivity contribution in [2.45, 2.75) is 13.3 Å². The summed E-state index contributed by atoms with van der Waals surface area (Å²) in [5.41, 5.74) is 1.77. The van der Waals surface area contributed by atoms with Gasteiger partial charge < -0.3 is 10.6 Å². The molecule has 1 aromatic carbocycles. The highest BCUT2D eigenvalue weighted by atomic mass is 79.9. The summed E-state index contributed by atoms with van der Waals surface area (Å²) in [5, 5.41) is 5.60. The largest absolute Gasteiger partial charge is 0.352 e. The van der Waals surface area contributed by atoms with Crippen molar-refractivity contribution < 1.29 is 9.59 Å². The molecule has 1 aromatic rings.